The molecule has 396 valence electrons. The summed E-state index contributed by atoms with van der Waals surface area (Å²) in [6, 6.07) is 11.9. The van der Waals surface area contributed by atoms with Crippen molar-refractivity contribution in [3.05, 3.63) is 132 Å². The first-order valence-electron chi connectivity index (χ1n) is 21.6. The van der Waals surface area contributed by atoms with Crippen LogP contribution >= 0.6 is 30.4 Å². The van der Waals surface area contributed by atoms with Crippen molar-refractivity contribution in [3.63, 3.8) is 0 Å². The zero-order chi connectivity index (χ0) is 55.6. The Morgan fingerprint density at radius 3 is 1.06 bits per heavy atom. The molecule has 0 saturated carbocycles. The molecule has 8 aromatic rings. The van der Waals surface area contributed by atoms with Crippen LogP contribution in [0.25, 0.3) is 21.5 Å². The zero-order valence-corrected chi connectivity index (χ0v) is 59.6. The van der Waals surface area contributed by atoms with E-state index in [-0.39, 0.29) is 284 Å². The van der Waals surface area contributed by atoms with Crippen molar-refractivity contribution in [3.8, 4) is 0 Å². The first-order valence-corrected chi connectivity index (χ1v) is 28.0. The standard InChI is InChI=1S/C45H44N10O17P4.4K/c1-52-19-31(41(56)48-33-9-11-39(75(67,68)69)29-15-25(73(61,62)63)5-7-27(29)33)35(21-52)50-43(58)37-13-23(17-54(37)3)46-45(60)47-24-14-38(55(4)18-24)44(59)51-36-22-53(2)20-32(36)42(57)49-34-10-12-40(76(70,71)72)30-16-26(74(64,65)66)6-8-28(30)34;;;;/h5-22H,1-4H3,(H,48,56)(H,49,57)(H,50,58)(H,51,59)(H2,46,47,60)(H2,61,62,63)(H2,64,65,66)(H2,67,68,69)(H2,70,71,72);;;;/q;4*+1/p-4. The first kappa shape index (κ1) is 71.3. The number of hydrogen-bond donors (Lipinski definition) is 10. The minimum absolute atomic E-state index is 0. The van der Waals surface area contributed by atoms with Crippen LogP contribution in [0.15, 0.2) is 110 Å². The van der Waals surface area contributed by atoms with Crippen LogP contribution in [0, 0.1) is 0 Å². The molecule has 4 atom stereocenters. The molecule has 6 amide bonds. The quantitative estimate of drug-likeness (QED) is 0.0357. The van der Waals surface area contributed by atoms with Gasteiger partial charge in [0.15, 0.2) is 30.4 Å². The van der Waals surface area contributed by atoms with Gasteiger partial charge in [-0.2, -0.15) is 0 Å². The third-order valence-electron chi connectivity index (χ3n) is 11.6. The summed E-state index contributed by atoms with van der Waals surface area (Å²) in [5, 5.41) is 12.3. The maximum atomic E-state index is 13.7. The van der Waals surface area contributed by atoms with Crippen molar-refractivity contribution in [1.29, 1.82) is 0 Å². The van der Waals surface area contributed by atoms with E-state index in [4.69, 9.17) is 0 Å². The van der Waals surface area contributed by atoms with E-state index in [9.17, 15) is 81.4 Å². The summed E-state index contributed by atoms with van der Waals surface area (Å²) in [7, 11) is -14.5. The Morgan fingerprint density at radius 2 is 0.738 bits per heavy atom. The number of aryl methyl sites for hydroxylation is 4. The van der Waals surface area contributed by atoms with E-state index in [2.05, 4.69) is 31.9 Å². The number of nitrogens with one attached hydrogen (secondary N) is 6. The summed E-state index contributed by atoms with van der Waals surface area (Å²) in [6.07, 6.45) is 8.42. The van der Waals surface area contributed by atoms with Gasteiger partial charge in [0.05, 0.1) is 33.9 Å². The minimum atomic E-state index is -5.23. The number of nitrogens with zero attached hydrogens (tertiary/aromatic N) is 4. The maximum Gasteiger partial charge on any atom is 1.00 e. The van der Waals surface area contributed by atoms with Crippen molar-refractivity contribution in [2.75, 3.05) is 31.9 Å². The van der Waals surface area contributed by atoms with Gasteiger partial charge in [-0.15, -0.1) is 0 Å². The van der Waals surface area contributed by atoms with Gasteiger partial charge in [-0.3, -0.25) is 19.2 Å². The molecule has 35 heteroatoms. The van der Waals surface area contributed by atoms with Crippen molar-refractivity contribution >= 4 is 137 Å². The van der Waals surface area contributed by atoms with Gasteiger partial charge in [0.25, 0.3) is 23.6 Å². The fraction of sp³-hybridized carbons (Fsp3) is 0.0889. The van der Waals surface area contributed by atoms with E-state index in [1.165, 1.54) is 81.7 Å². The summed E-state index contributed by atoms with van der Waals surface area (Å²) in [5.74, 6) is -3.05. The van der Waals surface area contributed by atoms with Gasteiger partial charge in [-0.05, 0) is 71.4 Å². The van der Waals surface area contributed by atoms with Crippen LogP contribution in [0.5, 0.6) is 0 Å². The van der Waals surface area contributed by atoms with Crippen LogP contribution in [-0.4, -0.2) is 67.5 Å². The second-order valence-corrected chi connectivity index (χ2v) is 23.3. The topological polar surface area (TPSA) is 419 Å². The Morgan fingerprint density at radius 1 is 0.400 bits per heavy atom. The number of rotatable bonds is 14. The molecule has 0 aliphatic rings. The number of benzene rings is 4. The summed E-state index contributed by atoms with van der Waals surface area (Å²) in [4.78, 5) is 155. The Balaban J connectivity index is 0.00000344. The molecule has 0 aliphatic heterocycles. The van der Waals surface area contributed by atoms with Crippen molar-refractivity contribution in [2.24, 2.45) is 28.2 Å². The predicted octanol–water partition coefficient (Wildman–Crippen LogP) is -11.3. The number of fused-ring (bicyclic) bond motifs is 2. The van der Waals surface area contributed by atoms with Crippen LogP contribution in [0.1, 0.15) is 41.7 Å². The number of urea groups is 1. The van der Waals surface area contributed by atoms with E-state index in [1.54, 1.807) is 14.1 Å². The minimum Gasteiger partial charge on any atom is -0.775 e. The van der Waals surface area contributed by atoms with Crippen LogP contribution in [0.3, 0.4) is 0 Å². The van der Waals surface area contributed by atoms with E-state index >= 15 is 0 Å². The Kier molecular flexibility index (Phi) is 25.0. The Hall–Kier alpha value is -1.18. The van der Waals surface area contributed by atoms with Gasteiger partial charge in [-0.25, -0.2) is 4.79 Å². The molecule has 4 aromatic heterocycles. The van der Waals surface area contributed by atoms with E-state index in [0.29, 0.717) is 0 Å². The largest absolute Gasteiger partial charge is 1.00 e. The Labute approximate surface area is 623 Å². The SMILES string of the molecule is Cn1cc(NC(=O)c2cc(NC(=O)Nc3cc(C(=O)Nc4cn(C)cc4C(=O)Nc4ccc(P(=O)([O-])O)c5cc(P(=O)([O-])O)ccc45)n(C)c3)cn2C)c(C(=O)Nc2ccc(P(=O)([O-])O)c3cc(P(=O)([O-])O)ccc23)c1.[K+].[K+].[K+].[K+]. The molecule has 80 heavy (non-hydrogen) atoms. The van der Waals surface area contributed by atoms with Gasteiger partial charge in [0, 0.05) is 109 Å². The molecule has 10 N–H and O–H groups in total. The molecule has 0 fully saturated rings. The summed E-state index contributed by atoms with van der Waals surface area (Å²) in [5.41, 5.74) is 0.173. The molecule has 27 nitrogen and oxygen atoms in total. The second-order valence-electron chi connectivity index (χ2n) is 17.2. The average Bonchev–Trinajstić information content (AvgIpc) is 4.08. The number of amides is 6. The fourth-order valence-electron chi connectivity index (χ4n) is 8.20. The van der Waals surface area contributed by atoms with Gasteiger partial charge in [-0.1, -0.05) is 12.1 Å². The number of anilines is 6. The molecule has 0 aliphatic carbocycles. The van der Waals surface area contributed by atoms with Crippen molar-refractivity contribution in [1.82, 2.24) is 18.3 Å². The summed E-state index contributed by atoms with van der Waals surface area (Å²) >= 11 is 0. The van der Waals surface area contributed by atoms with Crippen molar-refractivity contribution < 1.29 is 287 Å². The van der Waals surface area contributed by atoms with E-state index in [0.717, 1.165) is 60.7 Å². The monoisotopic (exact) mass is 1270 g/mol. The molecular formula is C45H40K4N10O17P4. The summed E-state index contributed by atoms with van der Waals surface area (Å²) in [6.45, 7) is 0. The van der Waals surface area contributed by atoms with Crippen LogP contribution in [0.2, 0.25) is 0 Å². The normalized spacial score (nSPS) is 13.9. The molecule has 4 heterocycles. The maximum absolute atomic E-state index is 13.7. The van der Waals surface area contributed by atoms with E-state index < -0.39 is 81.3 Å². The molecule has 0 radical (unpaired) electrons. The second kappa shape index (κ2) is 28.1. The predicted molar refractivity (Wildman–Crippen MR) is 272 cm³/mol. The molecular weight excluding hydrogens is 1230 g/mol. The van der Waals surface area contributed by atoms with Gasteiger partial charge in [0.1, 0.15) is 11.4 Å². The van der Waals surface area contributed by atoms with Crippen LogP contribution in [-0.2, 0) is 46.5 Å². The van der Waals surface area contributed by atoms with Gasteiger partial charge >= 0.3 is 212 Å². The van der Waals surface area contributed by atoms with Crippen LogP contribution in [0.4, 0.5) is 38.9 Å². The van der Waals surface area contributed by atoms with Gasteiger partial charge in [0.2, 0.25) is 0 Å². The number of carbonyl (C=O) groups is 5. The molecule has 0 spiro atoms. The molecule has 4 unspecified atom stereocenters. The Bertz CT molecular complexity index is 3740. The van der Waals surface area contributed by atoms with Crippen molar-refractivity contribution in [2.45, 2.75) is 0 Å². The molecule has 8 rings (SSSR count). The number of aromatic nitrogens is 4. The molecule has 4 aromatic carbocycles. The third kappa shape index (κ3) is 16.7. The molecule has 0 bridgehead atoms. The number of hydrogen-bond acceptors (Lipinski definition) is 13. The first-order chi connectivity index (χ1) is 35.3. The fourth-order valence-corrected chi connectivity index (χ4v) is 10.8. The third-order valence-corrected chi connectivity index (χ3v) is 15.5. The zero-order valence-electron chi connectivity index (χ0n) is 43.6. The molecule has 0 saturated heterocycles. The summed E-state index contributed by atoms with van der Waals surface area (Å²) < 4.78 is 53.7. The average molecular weight is 1270 g/mol. The van der Waals surface area contributed by atoms with Gasteiger partial charge < -0.3 is 108 Å². The van der Waals surface area contributed by atoms with E-state index in [1.807, 2.05) is 0 Å². The smallest absolute Gasteiger partial charge is 0.775 e. The van der Waals surface area contributed by atoms with Crippen LogP contribution < -0.4 is 278 Å². The number of carbonyl (C=O) groups excluding carboxylic acids is 5.